The van der Waals surface area contributed by atoms with E-state index in [4.69, 9.17) is 21.1 Å². The van der Waals surface area contributed by atoms with Crippen molar-refractivity contribution in [3.8, 4) is 11.5 Å². The fraction of sp³-hybridized carbons (Fsp3) is 0.111. The Hall–Kier alpha value is -2.59. The first-order chi connectivity index (χ1) is 11.2. The summed E-state index contributed by atoms with van der Waals surface area (Å²) in [5.74, 6) is 1.20. The standard InChI is InChI=1S/C18H15ClN2O2/c1-22-16-10-14-15(11-17(16)23-2)21-18(19)13(20-14)9-8-12-6-4-3-5-7-12/h3-11H,1-2H3/b9-8+. The van der Waals surface area contributed by atoms with E-state index in [1.807, 2.05) is 42.5 Å². The number of methoxy groups -OCH3 is 2. The van der Waals surface area contributed by atoms with Gasteiger partial charge in [-0.15, -0.1) is 0 Å². The van der Waals surface area contributed by atoms with E-state index in [2.05, 4.69) is 9.97 Å². The van der Waals surface area contributed by atoms with Gasteiger partial charge in [-0.2, -0.15) is 0 Å². The van der Waals surface area contributed by atoms with Crippen LogP contribution in [-0.2, 0) is 0 Å². The summed E-state index contributed by atoms with van der Waals surface area (Å²) in [4.78, 5) is 8.95. The number of fused-ring (bicyclic) bond motifs is 1. The molecule has 0 aliphatic rings. The van der Waals surface area contributed by atoms with Crippen molar-refractivity contribution in [3.05, 3.63) is 58.9 Å². The van der Waals surface area contributed by atoms with Gasteiger partial charge in [-0.25, -0.2) is 9.97 Å². The average Bonchev–Trinajstić information content (AvgIpc) is 2.59. The topological polar surface area (TPSA) is 44.2 Å². The molecule has 1 aromatic heterocycles. The van der Waals surface area contributed by atoms with Crippen LogP contribution in [-0.4, -0.2) is 24.2 Å². The van der Waals surface area contributed by atoms with Crippen molar-refractivity contribution in [2.75, 3.05) is 14.2 Å². The summed E-state index contributed by atoms with van der Waals surface area (Å²) < 4.78 is 10.6. The molecule has 23 heavy (non-hydrogen) atoms. The molecule has 0 radical (unpaired) electrons. The third-order valence-electron chi connectivity index (χ3n) is 3.38. The predicted octanol–water partition coefficient (Wildman–Crippen LogP) is 4.47. The van der Waals surface area contributed by atoms with Crippen molar-refractivity contribution in [3.63, 3.8) is 0 Å². The first kappa shape index (κ1) is 15.3. The molecule has 0 N–H and O–H groups in total. The summed E-state index contributed by atoms with van der Waals surface area (Å²) in [6, 6.07) is 13.5. The lowest BCUT2D eigenvalue weighted by Crippen LogP contribution is -1.95. The zero-order valence-corrected chi connectivity index (χ0v) is 13.5. The maximum Gasteiger partial charge on any atom is 0.163 e. The minimum atomic E-state index is 0.344. The van der Waals surface area contributed by atoms with Crippen LogP contribution in [0.2, 0.25) is 5.15 Å². The summed E-state index contributed by atoms with van der Waals surface area (Å²) >= 11 is 6.24. The number of hydrogen-bond donors (Lipinski definition) is 0. The SMILES string of the molecule is COc1cc2nc(Cl)c(/C=C/c3ccccc3)nc2cc1OC. The Balaban J connectivity index is 2.05. The van der Waals surface area contributed by atoms with Gasteiger partial charge in [0.2, 0.25) is 0 Å². The van der Waals surface area contributed by atoms with Crippen molar-refractivity contribution in [2.45, 2.75) is 0 Å². The van der Waals surface area contributed by atoms with Crippen LogP contribution in [0.5, 0.6) is 11.5 Å². The molecule has 5 heteroatoms. The molecule has 3 aromatic rings. The molecule has 1 heterocycles. The van der Waals surface area contributed by atoms with E-state index < -0.39 is 0 Å². The van der Waals surface area contributed by atoms with Gasteiger partial charge in [0, 0.05) is 12.1 Å². The van der Waals surface area contributed by atoms with Crippen LogP contribution >= 0.6 is 11.6 Å². The molecular weight excluding hydrogens is 312 g/mol. The molecule has 3 rings (SSSR count). The van der Waals surface area contributed by atoms with Crippen LogP contribution in [0.25, 0.3) is 23.2 Å². The van der Waals surface area contributed by atoms with Gasteiger partial charge < -0.3 is 9.47 Å². The van der Waals surface area contributed by atoms with Crippen LogP contribution < -0.4 is 9.47 Å². The molecule has 0 bridgehead atoms. The lowest BCUT2D eigenvalue weighted by Gasteiger charge is -2.09. The van der Waals surface area contributed by atoms with E-state index in [1.54, 1.807) is 26.4 Å². The number of hydrogen-bond acceptors (Lipinski definition) is 4. The van der Waals surface area contributed by atoms with Crippen LogP contribution in [0, 0.1) is 0 Å². The molecule has 0 saturated carbocycles. The highest BCUT2D eigenvalue weighted by Crippen LogP contribution is 2.31. The second-order valence-corrected chi connectivity index (χ2v) is 5.20. The van der Waals surface area contributed by atoms with Crippen molar-refractivity contribution < 1.29 is 9.47 Å². The lowest BCUT2D eigenvalue weighted by molar-refractivity contribution is 0.355. The van der Waals surface area contributed by atoms with E-state index in [-0.39, 0.29) is 0 Å². The largest absolute Gasteiger partial charge is 0.493 e. The van der Waals surface area contributed by atoms with Crippen LogP contribution in [0.1, 0.15) is 11.3 Å². The first-order valence-electron chi connectivity index (χ1n) is 7.03. The second kappa shape index (κ2) is 6.67. The van der Waals surface area contributed by atoms with Gasteiger partial charge in [0.1, 0.15) is 5.69 Å². The molecule has 0 atom stereocenters. The molecule has 0 aliphatic heterocycles. The van der Waals surface area contributed by atoms with Gasteiger partial charge in [-0.05, 0) is 11.6 Å². The second-order valence-electron chi connectivity index (χ2n) is 4.84. The number of aromatic nitrogens is 2. The Bertz CT molecular complexity index is 864. The lowest BCUT2D eigenvalue weighted by atomic mass is 10.2. The van der Waals surface area contributed by atoms with Crippen molar-refractivity contribution in [1.82, 2.24) is 9.97 Å². The number of rotatable bonds is 4. The van der Waals surface area contributed by atoms with E-state index in [0.29, 0.717) is 33.4 Å². The van der Waals surface area contributed by atoms with Gasteiger partial charge >= 0.3 is 0 Å². The van der Waals surface area contributed by atoms with Crippen molar-refractivity contribution >= 4 is 34.8 Å². The van der Waals surface area contributed by atoms with Gasteiger partial charge in [0.25, 0.3) is 0 Å². The van der Waals surface area contributed by atoms with Crippen molar-refractivity contribution in [2.24, 2.45) is 0 Å². The average molecular weight is 327 g/mol. The van der Waals surface area contributed by atoms with E-state index in [1.165, 1.54) is 0 Å². The summed E-state index contributed by atoms with van der Waals surface area (Å²) in [5.41, 5.74) is 3.03. The quantitative estimate of drug-likeness (QED) is 0.709. The van der Waals surface area contributed by atoms with E-state index >= 15 is 0 Å². The highest BCUT2D eigenvalue weighted by molar-refractivity contribution is 6.31. The fourth-order valence-corrected chi connectivity index (χ4v) is 2.42. The fourth-order valence-electron chi connectivity index (χ4n) is 2.22. The molecule has 4 nitrogen and oxygen atoms in total. The Labute approximate surface area is 139 Å². The summed E-state index contributed by atoms with van der Waals surface area (Å²) in [5, 5.41) is 0.344. The highest BCUT2D eigenvalue weighted by Gasteiger charge is 2.10. The third-order valence-corrected chi connectivity index (χ3v) is 3.66. The predicted molar refractivity (Wildman–Crippen MR) is 93.0 cm³/mol. The van der Waals surface area contributed by atoms with Gasteiger partial charge in [0.05, 0.1) is 25.3 Å². The zero-order chi connectivity index (χ0) is 16.2. The minimum Gasteiger partial charge on any atom is -0.493 e. The van der Waals surface area contributed by atoms with Crippen LogP contribution in [0.4, 0.5) is 0 Å². The maximum atomic E-state index is 6.24. The highest BCUT2D eigenvalue weighted by atomic mass is 35.5. The number of benzene rings is 2. The molecule has 0 fully saturated rings. The molecule has 0 saturated heterocycles. The normalized spacial score (nSPS) is 11.1. The molecule has 0 amide bonds. The Morgan fingerprint density at radius 1 is 0.870 bits per heavy atom. The Kier molecular flexibility index (Phi) is 4.44. The molecule has 0 unspecified atom stereocenters. The smallest absolute Gasteiger partial charge is 0.163 e. The van der Waals surface area contributed by atoms with Crippen molar-refractivity contribution in [1.29, 1.82) is 0 Å². The monoisotopic (exact) mass is 326 g/mol. The molecule has 0 aliphatic carbocycles. The van der Waals surface area contributed by atoms with Gasteiger partial charge in [0.15, 0.2) is 16.7 Å². The zero-order valence-electron chi connectivity index (χ0n) is 12.8. The first-order valence-corrected chi connectivity index (χ1v) is 7.41. The minimum absolute atomic E-state index is 0.344. The molecule has 0 spiro atoms. The Morgan fingerprint density at radius 2 is 1.48 bits per heavy atom. The van der Waals surface area contributed by atoms with Gasteiger partial charge in [-0.1, -0.05) is 48.0 Å². The molecule has 2 aromatic carbocycles. The number of nitrogens with zero attached hydrogens (tertiary/aromatic N) is 2. The Morgan fingerprint density at radius 3 is 2.09 bits per heavy atom. The number of halogens is 1. The summed E-state index contributed by atoms with van der Waals surface area (Å²) in [6.07, 6.45) is 3.79. The third kappa shape index (κ3) is 3.27. The van der Waals surface area contributed by atoms with Crippen LogP contribution in [0.15, 0.2) is 42.5 Å². The van der Waals surface area contributed by atoms with Crippen LogP contribution in [0.3, 0.4) is 0 Å². The molecule has 116 valence electrons. The van der Waals surface area contributed by atoms with E-state index in [0.717, 1.165) is 5.56 Å². The molecular formula is C18H15ClN2O2. The number of ether oxygens (including phenoxy) is 2. The summed E-state index contributed by atoms with van der Waals surface area (Å²) in [6.45, 7) is 0. The maximum absolute atomic E-state index is 6.24. The van der Waals surface area contributed by atoms with E-state index in [9.17, 15) is 0 Å². The van der Waals surface area contributed by atoms with Gasteiger partial charge in [-0.3, -0.25) is 0 Å². The summed E-state index contributed by atoms with van der Waals surface area (Å²) in [7, 11) is 3.17.